The number of rotatable bonds is 4. The molecule has 0 saturated carbocycles. The Balaban J connectivity index is 1.95. The molecule has 1 saturated heterocycles. The Kier molecular flexibility index (Phi) is 4.19. The third-order valence-corrected chi connectivity index (χ3v) is 5.94. The van der Waals surface area contributed by atoms with Gasteiger partial charge in [0.25, 0.3) is 0 Å². The van der Waals surface area contributed by atoms with Gasteiger partial charge >= 0.3 is 0 Å². The molecule has 17 heavy (non-hydrogen) atoms. The van der Waals surface area contributed by atoms with E-state index in [0.29, 0.717) is 13.1 Å². The zero-order valence-electron chi connectivity index (χ0n) is 9.90. The van der Waals surface area contributed by atoms with Crippen LogP contribution < -0.4 is 10.0 Å². The first kappa shape index (κ1) is 13.0. The minimum absolute atomic E-state index is 0.281. The highest BCUT2D eigenvalue weighted by atomic mass is 32.2. The molecule has 1 fully saturated rings. The van der Waals surface area contributed by atoms with Crippen molar-refractivity contribution in [3.63, 3.8) is 0 Å². The normalized spacial score (nSPS) is 21.6. The monoisotopic (exact) mass is 274 g/mol. The lowest BCUT2D eigenvalue weighted by atomic mass is 10.2. The summed E-state index contributed by atoms with van der Waals surface area (Å²) >= 11 is 1.59. The smallest absolute Gasteiger partial charge is 0.216 e. The summed E-state index contributed by atoms with van der Waals surface area (Å²) in [6.45, 7) is 3.92. The number of thiophene rings is 1. The molecule has 1 aromatic heterocycles. The van der Waals surface area contributed by atoms with Crippen LogP contribution >= 0.6 is 11.3 Å². The predicted molar refractivity (Wildman–Crippen MR) is 70.7 cm³/mol. The third-order valence-electron chi connectivity index (χ3n) is 3.09. The number of nitrogens with one attached hydrogen (secondary N) is 2. The Bertz CT molecular complexity index is 462. The number of hydrogen-bond donors (Lipinski definition) is 2. The lowest BCUT2D eigenvalue weighted by Gasteiger charge is -2.22. The van der Waals surface area contributed by atoms with Crippen LogP contribution in [0, 0.1) is 6.92 Å². The maximum Gasteiger partial charge on any atom is 0.216 e. The van der Waals surface area contributed by atoms with Crippen molar-refractivity contribution in [1.82, 2.24) is 10.0 Å². The molecule has 0 amide bonds. The molecule has 0 aromatic carbocycles. The SMILES string of the molecule is Cc1ccsc1CNS(=O)(=O)C1CCCNC1. The molecule has 1 aromatic rings. The highest BCUT2D eigenvalue weighted by Gasteiger charge is 2.26. The first-order valence-corrected chi connectivity index (χ1v) is 8.24. The number of sulfonamides is 1. The maximum absolute atomic E-state index is 12.0. The van der Waals surface area contributed by atoms with Gasteiger partial charge in [0.1, 0.15) is 0 Å². The summed E-state index contributed by atoms with van der Waals surface area (Å²) in [5.74, 6) is 0. The molecule has 2 heterocycles. The average Bonchev–Trinajstić information content (AvgIpc) is 2.74. The van der Waals surface area contributed by atoms with Crippen LogP contribution in [0.15, 0.2) is 11.4 Å². The van der Waals surface area contributed by atoms with Gasteiger partial charge < -0.3 is 5.32 Å². The lowest BCUT2D eigenvalue weighted by Crippen LogP contribution is -2.43. The van der Waals surface area contributed by atoms with Crippen molar-refractivity contribution in [2.45, 2.75) is 31.6 Å². The molecule has 1 unspecified atom stereocenters. The summed E-state index contributed by atoms with van der Waals surface area (Å²) in [5.41, 5.74) is 1.15. The van der Waals surface area contributed by atoms with Crippen molar-refractivity contribution in [1.29, 1.82) is 0 Å². The number of aryl methyl sites for hydroxylation is 1. The topological polar surface area (TPSA) is 58.2 Å². The molecule has 0 spiro atoms. The van der Waals surface area contributed by atoms with E-state index in [1.165, 1.54) is 0 Å². The Morgan fingerprint density at radius 1 is 1.59 bits per heavy atom. The van der Waals surface area contributed by atoms with Gasteiger partial charge in [0.05, 0.1) is 5.25 Å². The number of piperidine rings is 1. The van der Waals surface area contributed by atoms with Gasteiger partial charge in [0.2, 0.25) is 10.0 Å². The maximum atomic E-state index is 12.0. The summed E-state index contributed by atoms with van der Waals surface area (Å²) in [4.78, 5) is 1.09. The highest BCUT2D eigenvalue weighted by molar-refractivity contribution is 7.90. The van der Waals surface area contributed by atoms with E-state index < -0.39 is 10.0 Å². The standard InChI is InChI=1S/C11H18N2O2S2/c1-9-4-6-16-11(9)8-13-17(14,15)10-3-2-5-12-7-10/h4,6,10,12-13H,2-3,5,7-8H2,1H3. The Morgan fingerprint density at radius 2 is 2.41 bits per heavy atom. The second-order valence-electron chi connectivity index (χ2n) is 4.36. The van der Waals surface area contributed by atoms with Gasteiger partial charge in [-0.2, -0.15) is 0 Å². The fourth-order valence-electron chi connectivity index (χ4n) is 1.95. The van der Waals surface area contributed by atoms with Crippen molar-refractivity contribution < 1.29 is 8.42 Å². The van der Waals surface area contributed by atoms with Gasteiger partial charge in [-0.15, -0.1) is 11.3 Å². The molecule has 96 valence electrons. The zero-order chi connectivity index (χ0) is 12.3. The van der Waals surface area contributed by atoms with E-state index in [9.17, 15) is 8.42 Å². The summed E-state index contributed by atoms with van der Waals surface area (Å²) in [6.07, 6.45) is 1.69. The van der Waals surface area contributed by atoms with Crippen LogP contribution in [-0.4, -0.2) is 26.8 Å². The van der Waals surface area contributed by atoms with Gasteiger partial charge in [-0.1, -0.05) is 0 Å². The second kappa shape index (κ2) is 5.48. The van der Waals surface area contributed by atoms with Crippen LogP contribution in [0.25, 0.3) is 0 Å². The molecule has 0 bridgehead atoms. The zero-order valence-corrected chi connectivity index (χ0v) is 11.5. The van der Waals surface area contributed by atoms with Crippen molar-refractivity contribution >= 4 is 21.4 Å². The van der Waals surface area contributed by atoms with E-state index in [0.717, 1.165) is 29.8 Å². The Morgan fingerprint density at radius 3 is 3.00 bits per heavy atom. The van der Waals surface area contributed by atoms with E-state index in [1.54, 1.807) is 11.3 Å². The molecule has 2 rings (SSSR count). The van der Waals surface area contributed by atoms with E-state index in [-0.39, 0.29) is 5.25 Å². The largest absolute Gasteiger partial charge is 0.315 e. The fourth-order valence-corrected chi connectivity index (χ4v) is 4.29. The Labute approximate surface area is 106 Å². The summed E-state index contributed by atoms with van der Waals surface area (Å²) in [5, 5.41) is 4.84. The van der Waals surface area contributed by atoms with Crippen molar-refractivity contribution in [2.75, 3.05) is 13.1 Å². The van der Waals surface area contributed by atoms with Crippen LogP contribution in [0.5, 0.6) is 0 Å². The molecule has 0 aliphatic carbocycles. The van der Waals surface area contributed by atoms with Crippen molar-refractivity contribution in [3.8, 4) is 0 Å². The van der Waals surface area contributed by atoms with Gasteiger partial charge in [0.15, 0.2) is 0 Å². The van der Waals surface area contributed by atoms with Crippen molar-refractivity contribution in [2.24, 2.45) is 0 Å². The minimum Gasteiger partial charge on any atom is -0.315 e. The Hall–Kier alpha value is -0.430. The molecule has 6 heteroatoms. The summed E-state index contributed by atoms with van der Waals surface area (Å²) < 4.78 is 26.8. The predicted octanol–water partition coefficient (Wildman–Crippen LogP) is 1.23. The molecule has 1 atom stereocenters. The van der Waals surface area contributed by atoms with Crippen LogP contribution in [0.2, 0.25) is 0 Å². The minimum atomic E-state index is -3.18. The first-order chi connectivity index (χ1) is 8.09. The van der Waals surface area contributed by atoms with Crippen LogP contribution in [0.3, 0.4) is 0 Å². The van der Waals surface area contributed by atoms with E-state index in [4.69, 9.17) is 0 Å². The molecule has 1 aliphatic heterocycles. The molecular weight excluding hydrogens is 256 g/mol. The molecule has 2 N–H and O–H groups in total. The summed E-state index contributed by atoms with van der Waals surface area (Å²) in [6, 6.07) is 2.01. The van der Waals surface area contributed by atoms with E-state index in [1.807, 2.05) is 18.4 Å². The quantitative estimate of drug-likeness (QED) is 0.868. The van der Waals surface area contributed by atoms with Crippen molar-refractivity contribution in [3.05, 3.63) is 21.9 Å². The highest BCUT2D eigenvalue weighted by Crippen LogP contribution is 2.16. The average molecular weight is 274 g/mol. The third kappa shape index (κ3) is 3.28. The number of hydrogen-bond acceptors (Lipinski definition) is 4. The summed E-state index contributed by atoms with van der Waals surface area (Å²) in [7, 11) is -3.18. The van der Waals surface area contributed by atoms with Crippen LogP contribution in [0.4, 0.5) is 0 Å². The molecular formula is C11H18N2O2S2. The molecule has 4 nitrogen and oxygen atoms in total. The fraction of sp³-hybridized carbons (Fsp3) is 0.636. The molecule has 1 aliphatic rings. The van der Waals surface area contributed by atoms with Gasteiger partial charge in [-0.3, -0.25) is 0 Å². The van der Waals surface area contributed by atoms with E-state index >= 15 is 0 Å². The van der Waals surface area contributed by atoms with Gasteiger partial charge in [-0.25, -0.2) is 13.1 Å². The van der Waals surface area contributed by atoms with Gasteiger partial charge in [-0.05, 0) is 43.3 Å². The lowest BCUT2D eigenvalue weighted by molar-refractivity contribution is 0.490. The van der Waals surface area contributed by atoms with Crippen LogP contribution in [-0.2, 0) is 16.6 Å². The second-order valence-corrected chi connectivity index (χ2v) is 7.41. The van der Waals surface area contributed by atoms with Crippen LogP contribution in [0.1, 0.15) is 23.3 Å². The van der Waals surface area contributed by atoms with E-state index in [2.05, 4.69) is 10.0 Å². The molecule has 0 radical (unpaired) electrons. The first-order valence-electron chi connectivity index (χ1n) is 5.82. The van der Waals surface area contributed by atoms with Gasteiger partial charge in [0, 0.05) is 18.0 Å².